The summed E-state index contributed by atoms with van der Waals surface area (Å²) < 4.78 is 0. The minimum absolute atomic E-state index is 0.631. The second kappa shape index (κ2) is 51.7. The molecule has 0 heterocycles. The SMILES string of the molecule is CCCCNC.CCCCNCCCCCCCCN.CCCCNCCCCN=[N+]=[N-].NCCCN. The van der Waals surface area contributed by atoms with Crippen LogP contribution in [0.4, 0.5) is 0 Å². The maximum atomic E-state index is 7.98. The monoisotopic (exact) mass is 532 g/mol. The molecule has 0 aromatic rings. The molecule has 0 unspecified atom stereocenters. The van der Waals surface area contributed by atoms with Gasteiger partial charge in [-0.3, -0.25) is 0 Å². The van der Waals surface area contributed by atoms with E-state index < -0.39 is 0 Å². The van der Waals surface area contributed by atoms with Gasteiger partial charge in [-0.25, -0.2) is 0 Å². The molecule has 0 atom stereocenters. The second-order valence-corrected chi connectivity index (χ2v) is 9.17. The first-order chi connectivity index (χ1) is 18.2. The Hall–Kier alpha value is -0.930. The van der Waals surface area contributed by atoms with Gasteiger partial charge in [0.05, 0.1) is 0 Å². The van der Waals surface area contributed by atoms with Crippen LogP contribution in [0.1, 0.15) is 117 Å². The van der Waals surface area contributed by atoms with Crippen LogP contribution >= 0.6 is 0 Å². The minimum Gasteiger partial charge on any atom is -0.330 e. The van der Waals surface area contributed by atoms with Crippen molar-refractivity contribution < 1.29 is 0 Å². The first-order valence-electron chi connectivity index (χ1n) is 15.3. The van der Waals surface area contributed by atoms with Crippen molar-refractivity contribution in [3.63, 3.8) is 0 Å². The van der Waals surface area contributed by atoms with Gasteiger partial charge < -0.3 is 33.2 Å². The van der Waals surface area contributed by atoms with Gasteiger partial charge in [-0.2, -0.15) is 0 Å². The van der Waals surface area contributed by atoms with Crippen molar-refractivity contribution in [1.29, 1.82) is 0 Å². The Morgan fingerprint density at radius 3 is 1.32 bits per heavy atom. The molecule has 9 nitrogen and oxygen atoms in total. The van der Waals surface area contributed by atoms with Gasteiger partial charge in [-0.15, -0.1) is 0 Å². The van der Waals surface area contributed by atoms with Crippen LogP contribution in [0.5, 0.6) is 0 Å². The van der Waals surface area contributed by atoms with Crippen molar-refractivity contribution in [2.45, 2.75) is 117 Å². The summed E-state index contributed by atoms with van der Waals surface area (Å²) in [6, 6.07) is 0. The molecule has 0 radical (unpaired) electrons. The smallest absolute Gasteiger partial charge is 0.0258 e. The van der Waals surface area contributed by atoms with Gasteiger partial charge in [0.1, 0.15) is 0 Å². The number of nitrogens with two attached hydrogens (primary N) is 3. The molecular formula is C28H69N9. The van der Waals surface area contributed by atoms with E-state index >= 15 is 0 Å². The summed E-state index contributed by atoms with van der Waals surface area (Å²) >= 11 is 0. The molecule has 9 heteroatoms. The average Bonchev–Trinajstić information content (AvgIpc) is 2.92. The summed E-state index contributed by atoms with van der Waals surface area (Å²) in [5, 5.41) is 13.3. The van der Waals surface area contributed by atoms with Gasteiger partial charge >= 0.3 is 0 Å². The van der Waals surface area contributed by atoms with Crippen molar-refractivity contribution in [3.05, 3.63) is 10.4 Å². The molecule has 0 aliphatic rings. The number of hydrogen-bond donors (Lipinski definition) is 6. The Kier molecular flexibility index (Phi) is 60.2. The molecule has 9 N–H and O–H groups in total. The normalized spacial score (nSPS) is 9.70. The fourth-order valence-corrected chi connectivity index (χ4v) is 2.90. The zero-order chi connectivity index (χ0) is 28.5. The minimum atomic E-state index is 0.631. The third-order valence-corrected chi connectivity index (χ3v) is 5.34. The van der Waals surface area contributed by atoms with Crippen molar-refractivity contribution in [2.24, 2.45) is 22.3 Å². The molecular weight excluding hydrogens is 462 g/mol. The lowest BCUT2D eigenvalue weighted by Crippen LogP contribution is -2.16. The Bertz CT molecular complexity index is 361. The molecule has 0 saturated heterocycles. The van der Waals surface area contributed by atoms with Gasteiger partial charge in [0.25, 0.3) is 0 Å². The zero-order valence-electron chi connectivity index (χ0n) is 25.5. The molecule has 0 spiro atoms. The lowest BCUT2D eigenvalue weighted by Gasteiger charge is -2.03. The Morgan fingerprint density at radius 1 is 0.541 bits per heavy atom. The van der Waals surface area contributed by atoms with E-state index in [9.17, 15) is 0 Å². The second-order valence-electron chi connectivity index (χ2n) is 9.17. The van der Waals surface area contributed by atoms with Crippen LogP contribution in [0.2, 0.25) is 0 Å². The molecule has 0 aliphatic carbocycles. The molecule has 0 saturated carbocycles. The predicted octanol–water partition coefficient (Wildman–Crippen LogP) is 5.44. The van der Waals surface area contributed by atoms with Crippen LogP contribution in [0.25, 0.3) is 10.4 Å². The van der Waals surface area contributed by atoms with E-state index in [0.29, 0.717) is 6.54 Å². The van der Waals surface area contributed by atoms with E-state index in [1.807, 2.05) is 7.05 Å². The van der Waals surface area contributed by atoms with Crippen molar-refractivity contribution in [1.82, 2.24) is 16.0 Å². The number of unbranched alkanes of at least 4 members (excludes halogenated alkanes) is 9. The first kappa shape index (κ1) is 43.1. The highest BCUT2D eigenvalue weighted by Crippen LogP contribution is 2.03. The van der Waals surface area contributed by atoms with E-state index in [0.717, 1.165) is 58.5 Å². The van der Waals surface area contributed by atoms with Crippen molar-refractivity contribution in [3.8, 4) is 0 Å². The quantitative estimate of drug-likeness (QED) is 0.0420. The lowest BCUT2D eigenvalue weighted by atomic mass is 10.1. The lowest BCUT2D eigenvalue weighted by molar-refractivity contribution is 0.559. The van der Waals surface area contributed by atoms with E-state index in [-0.39, 0.29) is 0 Å². The Balaban J connectivity index is -0.000000213. The van der Waals surface area contributed by atoms with Crippen LogP contribution in [0.15, 0.2) is 5.11 Å². The molecule has 0 rings (SSSR count). The van der Waals surface area contributed by atoms with Crippen LogP contribution in [0, 0.1) is 0 Å². The summed E-state index contributed by atoms with van der Waals surface area (Å²) in [6.07, 6.45) is 18.7. The topological polar surface area (TPSA) is 163 Å². The summed E-state index contributed by atoms with van der Waals surface area (Å²) in [4.78, 5) is 2.69. The summed E-state index contributed by atoms with van der Waals surface area (Å²) in [6.45, 7) is 15.3. The number of hydrogen-bond acceptors (Lipinski definition) is 7. The standard InChI is InChI=1S/C12H28N2.C8H18N4.C5H13N.C3H10N2/c1-2-3-11-14-12-9-7-5-4-6-8-10-13;1-2-3-6-10-7-4-5-8-11-12-9;1-3-4-5-6-2;4-2-1-3-5/h14H,2-13H2,1H3;10H,2-8H2,1H3;6H,3-5H2,1-2H3;1-5H2. The van der Waals surface area contributed by atoms with Gasteiger partial charge in [-0.1, -0.05) is 70.8 Å². The van der Waals surface area contributed by atoms with Crippen molar-refractivity contribution >= 4 is 0 Å². The number of azide groups is 1. The number of rotatable bonds is 24. The molecule has 226 valence electrons. The highest BCUT2D eigenvalue weighted by atomic mass is 15.1. The number of nitrogens with zero attached hydrogens (tertiary/aromatic N) is 3. The maximum Gasteiger partial charge on any atom is 0.0258 e. The zero-order valence-corrected chi connectivity index (χ0v) is 25.5. The highest BCUT2D eigenvalue weighted by Gasteiger charge is 1.91. The van der Waals surface area contributed by atoms with E-state index in [4.69, 9.17) is 22.7 Å². The third kappa shape index (κ3) is 66.2. The molecule has 0 amide bonds. The molecule has 0 aliphatic heterocycles. The Morgan fingerprint density at radius 2 is 0.946 bits per heavy atom. The first-order valence-corrected chi connectivity index (χ1v) is 15.3. The summed E-state index contributed by atoms with van der Waals surface area (Å²) in [7, 11) is 1.98. The predicted molar refractivity (Wildman–Crippen MR) is 167 cm³/mol. The van der Waals surface area contributed by atoms with Gasteiger partial charge in [0.2, 0.25) is 0 Å². The average molecular weight is 532 g/mol. The number of nitrogens with one attached hydrogen (secondary N) is 3. The van der Waals surface area contributed by atoms with E-state index in [1.165, 1.54) is 90.1 Å². The fraction of sp³-hybridized carbons (Fsp3) is 1.00. The van der Waals surface area contributed by atoms with Crippen molar-refractivity contribution in [2.75, 3.05) is 66.0 Å². The molecule has 0 aromatic heterocycles. The van der Waals surface area contributed by atoms with E-state index in [2.05, 4.69) is 46.7 Å². The third-order valence-electron chi connectivity index (χ3n) is 5.34. The van der Waals surface area contributed by atoms with Crippen LogP contribution < -0.4 is 33.2 Å². The molecule has 0 fully saturated rings. The molecule has 37 heavy (non-hydrogen) atoms. The molecule has 0 aromatic carbocycles. The van der Waals surface area contributed by atoms with Crippen LogP contribution in [0.3, 0.4) is 0 Å². The van der Waals surface area contributed by atoms with E-state index in [1.54, 1.807) is 0 Å². The Labute approximate surface area is 231 Å². The molecule has 0 bridgehead atoms. The summed E-state index contributed by atoms with van der Waals surface area (Å²) in [5.74, 6) is 0. The van der Waals surface area contributed by atoms with Crippen LogP contribution in [-0.4, -0.2) is 66.0 Å². The van der Waals surface area contributed by atoms with Gasteiger partial charge in [0, 0.05) is 11.5 Å². The largest absolute Gasteiger partial charge is 0.330 e. The summed E-state index contributed by atoms with van der Waals surface area (Å²) in [5.41, 5.74) is 23.5. The maximum absolute atomic E-state index is 7.98. The van der Waals surface area contributed by atoms with Gasteiger partial charge in [-0.05, 0) is 116 Å². The van der Waals surface area contributed by atoms with Crippen LogP contribution in [-0.2, 0) is 0 Å². The fourth-order valence-electron chi connectivity index (χ4n) is 2.90. The van der Waals surface area contributed by atoms with Gasteiger partial charge in [0.15, 0.2) is 0 Å². The highest BCUT2D eigenvalue weighted by molar-refractivity contribution is 4.52.